The van der Waals surface area contributed by atoms with Gasteiger partial charge in [-0.25, -0.2) is 4.98 Å². The average Bonchev–Trinajstić information content (AvgIpc) is 3.85. The van der Waals surface area contributed by atoms with Crippen LogP contribution in [-0.2, 0) is 18.4 Å². The highest BCUT2D eigenvalue weighted by molar-refractivity contribution is 6.00. The Morgan fingerprint density at radius 1 is 0.923 bits per heavy atom. The van der Waals surface area contributed by atoms with Gasteiger partial charge >= 0.3 is 0 Å². The van der Waals surface area contributed by atoms with Crippen LogP contribution in [0.4, 0.5) is 0 Å². The zero-order valence-corrected chi connectivity index (χ0v) is 30.2. The molecule has 2 saturated carbocycles. The third-order valence-electron chi connectivity index (χ3n) is 12.3. The molecule has 3 aromatic carbocycles. The van der Waals surface area contributed by atoms with Crippen LogP contribution in [0.25, 0.3) is 33.5 Å². The maximum atomic E-state index is 14.0. The van der Waals surface area contributed by atoms with E-state index in [0.29, 0.717) is 47.9 Å². The van der Waals surface area contributed by atoms with Crippen molar-refractivity contribution in [2.45, 2.75) is 69.5 Å². The lowest BCUT2D eigenvalue weighted by atomic mass is 9.76. The Morgan fingerprint density at radius 3 is 2.44 bits per heavy atom. The number of ether oxygens (including phenoxy) is 2. The van der Waals surface area contributed by atoms with Crippen LogP contribution in [0.5, 0.6) is 11.5 Å². The van der Waals surface area contributed by atoms with Crippen molar-refractivity contribution in [1.82, 2.24) is 23.9 Å². The molecule has 2 bridgehead atoms. The van der Waals surface area contributed by atoms with Crippen molar-refractivity contribution in [3.05, 3.63) is 77.9 Å². The molecule has 2 aromatic heterocycles. The predicted octanol–water partition coefficient (Wildman–Crippen LogP) is 6.35. The summed E-state index contributed by atoms with van der Waals surface area (Å²) in [7, 11) is 3.72. The monoisotopic (exact) mass is 700 g/mol. The van der Waals surface area contributed by atoms with Crippen molar-refractivity contribution in [2.24, 2.45) is 24.6 Å². The summed E-state index contributed by atoms with van der Waals surface area (Å²) in [6, 6.07) is 22.7. The van der Waals surface area contributed by atoms with Gasteiger partial charge in [-0.2, -0.15) is 0 Å². The van der Waals surface area contributed by atoms with E-state index < -0.39 is 0 Å². The second-order valence-electron chi connectivity index (χ2n) is 15.5. The normalized spacial score (nSPS) is 22.0. The van der Waals surface area contributed by atoms with Crippen LogP contribution in [0, 0.1) is 11.8 Å². The van der Waals surface area contributed by atoms with Gasteiger partial charge in [0, 0.05) is 56.3 Å². The zero-order valence-electron chi connectivity index (χ0n) is 30.2. The highest BCUT2D eigenvalue weighted by atomic mass is 16.5. The van der Waals surface area contributed by atoms with Crippen LogP contribution >= 0.6 is 0 Å². The van der Waals surface area contributed by atoms with E-state index >= 15 is 0 Å². The topological polar surface area (TPSA) is 108 Å². The standard InChI is InChI=1S/C42H48N6O4/c1-45-40-35(19-30(21-37(40)51-2)42(50)47-24-29-13-14-31(47)22-34(29)43)44-41(45)36-20-28-7-6-10-33(39(28)48(36)23-26-11-12-26)27-15-17-46(18-16-27)38(49)25-52-32-8-4-3-5-9-32/h3-10,19-21,26-27,29,31,34H,11-18,22-25,43H2,1-2H3/t29-,31-,34+/m1/s1. The van der Waals surface area contributed by atoms with Gasteiger partial charge in [-0.1, -0.05) is 36.4 Å². The number of methoxy groups -OCH3 is 1. The van der Waals surface area contributed by atoms with Gasteiger partial charge in [0.15, 0.2) is 12.4 Å². The van der Waals surface area contributed by atoms with Crippen LogP contribution in [0.15, 0.2) is 66.7 Å². The van der Waals surface area contributed by atoms with E-state index in [-0.39, 0.29) is 30.5 Å². The van der Waals surface area contributed by atoms with Crippen molar-refractivity contribution in [1.29, 1.82) is 0 Å². The number of hydrogen-bond donors (Lipinski definition) is 1. The van der Waals surface area contributed by atoms with E-state index in [1.165, 1.54) is 29.3 Å². The highest BCUT2D eigenvalue weighted by Crippen LogP contribution is 2.42. The fourth-order valence-corrected chi connectivity index (χ4v) is 9.20. The van der Waals surface area contributed by atoms with Crippen molar-refractivity contribution in [3.8, 4) is 23.0 Å². The van der Waals surface area contributed by atoms with Gasteiger partial charge in [-0.3, -0.25) is 9.59 Å². The number of imidazole rings is 1. The van der Waals surface area contributed by atoms with Crippen molar-refractivity contribution >= 4 is 33.8 Å². The van der Waals surface area contributed by atoms with E-state index in [4.69, 9.17) is 20.2 Å². The number of hydrogen-bond acceptors (Lipinski definition) is 6. The van der Waals surface area contributed by atoms with Gasteiger partial charge in [0.1, 0.15) is 17.0 Å². The molecule has 2 N–H and O–H groups in total. The van der Waals surface area contributed by atoms with E-state index in [1.807, 2.05) is 59.3 Å². The number of para-hydroxylation sites is 2. The number of piperidine rings is 3. The number of nitrogens with zero attached hydrogens (tertiary/aromatic N) is 5. The average molecular weight is 701 g/mol. The number of likely N-dealkylation sites (tertiary alicyclic amines) is 1. The Bertz CT molecular complexity index is 2140. The smallest absolute Gasteiger partial charge is 0.260 e. The molecule has 3 saturated heterocycles. The van der Waals surface area contributed by atoms with Gasteiger partial charge in [0.05, 0.1) is 23.8 Å². The minimum absolute atomic E-state index is 0.0365. The van der Waals surface area contributed by atoms with Gasteiger partial charge in [-0.05, 0) is 98.6 Å². The summed E-state index contributed by atoms with van der Waals surface area (Å²) >= 11 is 0. The number of nitrogens with two attached hydrogens (primary N) is 1. The third-order valence-corrected chi connectivity index (χ3v) is 12.3. The molecule has 52 heavy (non-hydrogen) atoms. The summed E-state index contributed by atoms with van der Waals surface area (Å²) in [6.07, 6.45) is 7.27. The lowest BCUT2D eigenvalue weighted by molar-refractivity contribution is -0.134. The number of carbonyl (C=O) groups excluding carboxylic acids is 2. The summed E-state index contributed by atoms with van der Waals surface area (Å²) in [5.74, 6) is 3.67. The molecule has 5 aliphatic rings. The maximum Gasteiger partial charge on any atom is 0.260 e. The molecule has 5 aromatic rings. The van der Waals surface area contributed by atoms with Crippen molar-refractivity contribution in [3.63, 3.8) is 0 Å². The fourth-order valence-electron chi connectivity index (χ4n) is 9.20. The second kappa shape index (κ2) is 13.3. The number of rotatable bonds is 9. The Hall–Kier alpha value is -4.83. The second-order valence-corrected chi connectivity index (χ2v) is 15.5. The largest absolute Gasteiger partial charge is 0.494 e. The molecule has 3 aliphatic heterocycles. The van der Waals surface area contributed by atoms with E-state index in [9.17, 15) is 9.59 Å². The highest BCUT2D eigenvalue weighted by Gasteiger charge is 2.41. The fraction of sp³-hybridized carbons (Fsp3) is 0.452. The quantitative estimate of drug-likeness (QED) is 0.192. The molecule has 10 nitrogen and oxygen atoms in total. The SMILES string of the molecule is COc1cc(C(=O)N2C[C@H]3CC[C@@H]2C[C@@H]3N)cc2nc(-c3cc4cccc(C5CCN(C(=O)COc6ccccc6)CC5)c4n3CC3CC3)n(C)c12. The van der Waals surface area contributed by atoms with Crippen LogP contribution in [0.3, 0.4) is 0 Å². The first kappa shape index (κ1) is 33.0. The number of carbonyl (C=O) groups is 2. The van der Waals surface area contributed by atoms with Crippen molar-refractivity contribution < 1.29 is 19.1 Å². The molecule has 0 unspecified atom stereocenters. The molecule has 0 radical (unpaired) electrons. The molecule has 3 atom stereocenters. The van der Waals surface area contributed by atoms with E-state index in [2.05, 4.69) is 33.4 Å². The molecule has 270 valence electrons. The zero-order chi connectivity index (χ0) is 35.5. The minimum Gasteiger partial charge on any atom is -0.494 e. The summed E-state index contributed by atoms with van der Waals surface area (Å²) < 4.78 is 16.3. The maximum absolute atomic E-state index is 14.0. The van der Waals surface area contributed by atoms with Gasteiger partial charge < -0.3 is 34.1 Å². The number of amides is 2. The molecule has 2 aliphatic carbocycles. The van der Waals surface area contributed by atoms with Gasteiger partial charge in [-0.15, -0.1) is 0 Å². The van der Waals surface area contributed by atoms with Crippen LogP contribution in [-0.4, -0.2) is 81.2 Å². The summed E-state index contributed by atoms with van der Waals surface area (Å²) in [5, 5.41) is 1.20. The Labute approximate surface area is 304 Å². The van der Waals surface area contributed by atoms with Gasteiger partial charge in [0.2, 0.25) is 0 Å². The summed E-state index contributed by atoms with van der Waals surface area (Å²) in [6.45, 7) is 3.15. The molecule has 5 fully saturated rings. The summed E-state index contributed by atoms with van der Waals surface area (Å²) in [5.41, 5.74) is 12.4. The molecule has 2 amide bonds. The minimum atomic E-state index is 0.0365. The lowest BCUT2D eigenvalue weighted by Gasteiger charge is -2.48. The van der Waals surface area contributed by atoms with Crippen LogP contribution in [0.2, 0.25) is 0 Å². The van der Waals surface area contributed by atoms with Gasteiger partial charge in [0.25, 0.3) is 11.8 Å². The summed E-state index contributed by atoms with van der Waals surface area (Å²) in [4.78, 5) is 36.3. The Kier molecular flexibility index (Phi) is 8.45. The Balaban J connectivity index is 1.02. The number of fused-ring (bicyclic) bond motifs is 5. The van der Waals surface area contributed by atoms with Crippen molar-refractivity contribution in [2.75, 3.05) is 33.4 Å². The molecule has 10 heteroatoms. The third kappa shape index (κ3) is 5.90. The first-order valence-electron chi connectivity index (χ1n) is 19.1. The Morgan fingerprint density at radius 2 is 1.73 bits per heavy atom. The number of benzene rings is 3. The number of aromatic nitrogens is 3. The van der Waals surface area contributed by atoms with E-state index in [1.54, 1.807) is 7.11 Å². The number of aryl methyl sites for hydroxylation is 1. The first-order valence-corrected chi connectivity index (χ1v) is 19.1. The molecule has 10 rings (SSSR count). The lowest BCUT2D eigenvalue weighted by Crippen LogP contribution is -2.58. The van der Waals surface area contributed by atoms with Crippen LogP contribution < -0.4 is 15.2 Å². The molecule has 5 heterocycles. The molecular formula is C42H48N6O4. The van der Waals surface area contributed by atoms with Crippen LogP contribution in [0.1, 0.15) is 66.8 Å². The molecular weight excluding hydrogens is 652 g/mol. The first-order chi connectivity index (χ1) is 25.4. The van der Waals surface area contributed by atoms with E-state index in [0.717, 1.165) is 67.7 Å². The molecule has 0 spiro atoms. The predicted molar refractivity (Wildman–Crippen MR) is 202 cm³/mol.